The van der Waals surface area contributed by atoms with E-state index in [9.17, 15) is 8.42 Å². The first-order chi connectivity index (χ1) is 7.43. The molecule has 16 heavy (non-hydrogen) atoms. The van der Waals surface area contributed by atoms with Crippen LogP contribution in [0.2, 0.25) is 0 Å². The normalized spacial score (nSPS) is 12.6. The van der Waals surface area contributed by atoms with E-state index in [1.54, 1.807) is 5.38 Å². The van der Waals surface area contributed by atoms with Crippen LogP contribution in [0.15, 0.2) is 15.7 Å². The summed E-state index contributed by atoms with van der Waals surface area (Å²) < 4.78 is 26.1. The maximum Gasteiger partial charge on any atom is 0.252 e. The van der Waals surface area contributed by atoms with Crippen molar-refractivity contribution in [1.29, 1.82) is 0 Å². The van der Waals surface area contributed by atoms with Gasteiger partial charge in [-0.25, -0.2) is 8.42 Å². The van der Waals surface area contributed by atoms with Gasteiger partial charge in [-0.1, -0.05) is 6.92 Å². The molecule has 6 heteroatoms. The zero-order valence-electron chi connectivity index (χ0n) is 9.67. The smallest absolute Gasteiger partial charge is 0.252 e. The second-order valence-corrected chi connectivity index (χ2v) is 6.76. The topological polar surface area (TPSA) is 57.6 Å². The number of aliphatic hydroxyl groups excluding tert-OH is 1. The van der Waals surface area contributed by atoms with Crippen molar-refractivity contribution in [3.05, 3.63) is 17.0 Å². The van der Waals surface area contributed by atoms with Crippen LogP contribution in [0.5, 0.6) is 0 Å². The molecule has 1 aromatic rings. The van der Waals surface area contributed by atoms with E-state index >= 15 is 0 Å². The second-order valence-electron chi connectivity index (χ2n) is 3.73. The molecule has 0 amide bonds. The Morgan fingerprint density at radius 2 is 2.12 bits per heavy atom. The maximum absolute atomic E-state index is 12.2. The Morgan fingerprint density at radius 1 is 1.50 bits per heavy atom. The Kier molecular flexibility index (Phi) is 4.49. The van der Waals surface area contributed by atoms with Crippen LogP contribution in [0.3, 0.4) is 0 Å². The zero-order valence-corrected chi connectivity index (χ0v) is 11.3. The lowest BCUT2D eigenvalue weighted by molar-refractivity contribution is 0.282. The van der Waals surface area contributed by atoms with Gasteiger partial charge in [-0.05, 0) is 30.9 Å². The van der Waals surface area contributed by atoms with Crippen LogP contribution in [0.25, 0.3) is 0 Å². The van der Waals surface area contributed by atoms with E-state index in [1.807, 2.05) is 20.8 Å². The minimum Gasteiger partial charge on any atom is -0.392 e. The van der Waals surface area contributed by atoms with Crippen molar-refractivity contribution in [2.24, 2.45) is 0 Å². The molecule has 0 saturated heterocycles. The number of nitrogens with zero attached hydrogens (tertiary/aromatic N) is 1. The summed E-state index contributed by atoms with van der Waals surface area (Å²) in [6, 6.07) is 1.47. The average Bonchev–Trinajstić information content (AvgIpc) is 2.66. The quantitative estimate of drug-likeness (QED) is 0.879. The van der Waals surface area contributed by atoms with Crippen LogP contribution in [-0.4, -0.2) is 30.4 Å². The van der Waals surface area contributed by atoms with Gasteiger partial charge in [0.25, 0.3) is 10.0 Å². The summed E-state index contributed by atoms with van der Waals surface area (Å²) in [5, 5.41) is 10.6. The van der Waals surface area contributed by atoms with Crippen LogP contribution in [0.1, 0.15) is 26.3 Å². The summed E-state index contributed by atoms with van der Waals surface area (Å²) >= 11 is 1.15. The number of rotatable bonds is 5. The van der Waals surface area contributed by atoms with Gasteiger partial charge >= 0.3 is 0 Å². The van der Waals surface area contributed by atoms with E-state index in [-0.39, 0.29) is 12.6 Å². The molecular formula is C10H17NO3S2. The van der Waals surface area contributed by atoms with Gasteiger partial charge < -0.3 is 5.11 Å². The summed E-state index contributed by atoms with van der Waals surface area (Å²) in [6.07, 6.45) is 0. The molecule has 0 atom stereocenters. The number of aliphatic hydroxyl groups is 1. The zero-order chi connectivity index (χ0) is 12.3. The first kappa shape index (κ1) is 13.6. The molecule has 1 heterocycles. The SMILES string of the molecule is CCN(C(C)C)S(=O)(=O)c1cc(CO)cs1. The van der Waals surface area contributed by atoms with E-state index < -0.39 is 10.0 Å². The maximum atomic E-state index is 12.2. The van der Waals surface area contributed by atoms with E-state index in [0.29, 0.717) is 16.3 Å². The van der Waals surface area contributed by atoms with E-state index in [2.05, 4.69) is 0 Å². The van der Waals surface area contributed by atoms with Gasteiger partial charge in [0.05, 0.1) is 6.61 Å². The fourth-order valence-corrected chi connectivity index (χ4v) is 4.47. The summed E-state index contributed by atoms with van der Waals surface area (Å²) in [4.78, 5) is 0. The highest BCUT2D eigenvalue weighted by Crippen LogP contribution is 2.25. The minimum absolute atomic E-state index is 0.0605. The molecule has 0 aliphatic carbocycles. The standard InChI is InChI=1S/C10H17NO3S2/c1-4-11(8(2)3)16(13,14)10-5-9(6-12)7-15-10/h5,7-8,12H,4,6H2,1-3H3. The molecule has 0 aromatic carbocycles. The molecule has 4 nitrogen and oxygen atoms in total. The van der Waals surface area contributed by atoms with Crippen LogP contribution >= 0.6 is 11.3 Å². The number of hydrogen-bond acceptors (Lipinski definition) is 4. The molecule has 1 aromatic heterocycles. The number of sulfonamides is 1. The highest BCUT2D eigenvalue weighted by atomic mass is 32.2. The van der Waals surface area contributed by atoms with Crippen LogP contribution < -0.4 is 0 Å². The Bertz CT molecular complexity index is 437. The Labute approximate surface area is 101 Å². The summed E-state index contributed by atoms with van der Waals surface area (Å²) in [6.45, 7) is 5.84. The molecule has 92 valence electrons. The predicted octanol–water partition coefficient (Wildman–Crippen LogP) is 1.66. The first-order valence-corrected chi connectivity index (χ1v) is 7.45. The van der Waals surface area contributed by atoms with Gasteiger partial charge in [-0.2, -0.15) is 4.31 Å². The predicted molar refractivity (Wildman–Crippen MR) is 64.9 cm³/mol. The van der Waals surface area contributed by atoms with E-state index in [4.69, 9.17) is 5.11 Å². The van der Waals surface area contributed by atoms with Gasteiger partial charge in [0.15, 0.2) is 0 Å². The summed E-state index contributed by atoms with van der Waals surface area (Å²) in [5.41, 5.74) is 0.642. The highest BCUT2D eigenvalue weighted by Gasteiger charge is 2.26. The largest absolute Gasteiger partial charge is 0.392 e. The van der Waals surface area contributed by atoms with Crippen molar-refractivity contribution in [2.45, 2.75) is 37.6 Å². The summed E-state index contributed by atoms with van der Waals surface area (Å²) in [7, 11) is -3.40. The molecule has 0 unspecified atom stereocenters. The third kappa shape index (κ3) is 2.63. The fraction of sp³-hybridized carbons (Fsp3) is 0.600. The van der Waals surface area contributed by atoms with E-state index in [1.165, 1.54) is 10.4 Å². The lowest BCUT2D eigenvalue weighted by Gasteiger charge is -2.23. The van der Waals surface area contributed by atoms with Crippen LogP contribution in [-0.2, 0) is 16.6 Å². The highest BCUT2D eigenvalue weighted by molar-refractivity contribution is 7.91. The van der Waals surface area contributed by atoms with Crippen LogP contribution in [0.4, 0.5) is 0 Å². The average molecular weight is 263 g/mol. The monoisotopic (exact) mass is 263 g/mol. The third-order valence-corrected chi connectivity index (χ3v) is 5.88. The van der Waals surface area contributed by atoms with Gasteiger partial charge in [0, 0.05) is 12.6 Å². The second kappa shape index (κ2) is 5.27. The van der Waals surface area contributed by atoms with Gasteiger partial charge in [0.1, 0.15) is 4.21 Å². The molecule has 0 fully saturated rings. The lowest BCUT2D eigenvalue weighted by Crippen LogP contribution is -2.36. The molecule has 0 aliphatic heterocycles. The molecule has 0 spiro atoms. The van der Waals surface area contributed by atoms with Crippen molar-refractivity contribution < 1.29 is 13.5 Å². The molecule has 0 bridgehead atoms. The Balaban J connectivity index is 3.09. The Morgan fingerprint density at radius 3 is 2.50 bits per heavy atom. The molecule has 0 aliphatic rings. The lowest BCUT2D eigenvalue weighted by atomic mass is 10.4. The number of hydrogen-bond donors (Lipinski definition) is 1. The molecule has 1 rings (SSSR count). The van der Waals surface area contributed by atoms with Gasteiger partial charge in [-0.3, -0.25) is 0 Å². The van der Waals surface area contributed by atoms with Crippen molar-refractivity contribution in [3.63, 3.8) is 0 Å². The minimum atomic E-state index is -3.40. The molecule has 0 radical (unpaired) electrons. The fourth-order valence-electron chi connectivity index (χ4n) is 1.50. The Hall–Kier alpha value is -0.430. The molecule has 1 N–H and O–H groups in total. The third-order valence-electron chi connectivity index (χ3n) is 2.26. The molecule has 0 saturated carbocycles. The van der Waals surface area contributed by atoms with Crippen molar-refractivity contribution in [3.8, 4) is 0 Å². The van der Waals surface area contributed by atoms with Crippen molar-refractivity contribution >= 4 is 21.4 Å². The van der Waals surface area contributed by atoms with Crippen molar-refractivity contribution in [2.75, 3.05) is 6.54 Å². The van der Waals surface area contributed by atoms with Gasteiger partial charge in [-0.15, -0.1) is 11.3 Å². The van der Waals surface area contributed by atoms with Gasteiger partial charge in [0.2, 0.25) is 0 Å². The van der Waals surface area contributed by atoms with Crippen molar-refractivity contribution in [1.82, 2.24) is 4.31 Å². The van der Waals surface area contributed by atoms with Crippen LogP contribution in [0, 0.1) is 0 Å². The molecular weight excluding hydrogens is 246 g/mol. The summed E-state index contributed by atoms with van der Waals surface area (Å²) in [5.74, 6) is 0. The van der Waals surface area contributed by atoms with E-state index in [0.717, 1.165) is 11.3 Å². The first-order valence-electron chi connectivity index (χ1n) is 5.13. The number of thiophene rings is 1.